The van der Waals surface area contributed by atoms with E-state index in [9.17, 15) is 4.79 Å². The Morgan fingerprint density at radius 2 is 1.77 bits per heavy atom. The van der Waals surface area contributed by atoms with Gasteiger partial charge in [-0.1, -0.05) is 0 Å². The van der Waals surface area contributed by atoms with Crippen LogP contribution in [0.25, 0.3) is 0 Å². The zero-order valence-corrected chi connectivity index (χ0v) is 15.4. The van der Waals surface area contributed by atoms with E-state index in [0.717, 1.165) is 32.4 Å². The molecule has 1 fully saturated rings. The molecule has 1 saturated heterocycles. The van der Waals surface area contributed by atoms with E-state index in [4.69, 9.17) is 9.47 Å². The molecule has 0 aromatic carbocycles. The van der Waals surface area contributed by atoms with Crippen LogP contribution in [0.5, 0.6) is 0 Å². The van der Waals surface area contributed by atoms with Gasteiger partial charge < -0.3 is 19.7 Å². The van der Waals surface area contributed by atoms with E-state index in [2.05, 4.69) is 26.1 Å². The molecule has 1 rings (SSSR count). The van der Waals surface area contributed by atoms with Crippen molar-refractivity contribution in [1.29, 1.82) is 0 Å². The lowest BCUT2D eigenvalue weighted by molar-refractivity contribution is 0.00584. The number of rotatable bonds is 5. The number of hydrogen-bond donors (Lipinski definition) is 1. The number of carbonyl (C=O) groups excluding carboxylic acids is 1. The van der Waals surface area contributed by atoms with Gasteiger partial charge in [0.2, 0.25) is 0 Å². The smallest absolute Gasteiger partial charge is 0.410 e. The summed E-state index contributed by atoms with van der Waals surface area (Å²) >= 11 is 0. The molecule has 0 aromatic heterocycles. The van der Waals surface area contributed by atoms with Gasteiger partial charge in [0.25, 0.3) is 0 Å². The summed E-state index contributed by atoms with van der Waals surface area (Å²) in [5.74, 6) is 0. The second-order valence-electron chi connectivity index (χ2n) is 7.98. The third-order valence-electron chi connectivity index (χ3n) is 4.02. The Hall–Kier alpha value is -0.810. The highest BCUT2D eigenvalue weighted by molar-refractivity contribution is 5.68. The van der Waals surface area contributed by atoms with Gasteiger partial charge in [-0.3, -0.25) is 0 Å². The Bertz CT molecular complexity index is 355. The summed E-state index contributed by atoms with van der Waals surface area (Å²) in [6.07, 6.45) is 2.71. The maximum absolute atomic E-state index is 12.0. The maximum atomic E-state index is 12.0. The van der Waals surface area contributed by atoms with Gasteiger partial charge >= 0.3 is 6.09 Å². The SMILES string of the molecule is COC(C)(C)CC(C)NC1CCN(C(=O)OC(C)(C)C)CC1. The number of nitrogens with zero attached hydrogens (tertiary/aromatic N) is 1. The van der Waals surface area contributed by atoms with Crippen molar-refractivity contribution in [3.8, 4) is 0 Å². The van der Waals surface area contributed by atoms with Crippen molar-refractivity contribution in [3.63, 3.8) is 0 Å². The third kappa shape index (κ3) is 6.97. The molecule has 1 atom stereocenters. The number of carbonyl (C=O) groups is 1. The fourth-order valence-corrected chi connectivity index (χ4v) is 2.84. The molecule has 5 heteroatoms. The highest BCUT2D eigenvalue weighted by Gasteiger charge is 2.28. The summed E-state index contributed by atoms with van der Waals surface area (Å²) < 4.78 is 10.9. The first-order chi connectivity index (χ1) is 10.0. The minimum atomic E-state index is -0.424. The second-order valence-corrected chi connectivity index (χ2v) is 7.98. The van der Waals surface area contributed by atoms with Crippen molar-refractivity contribution in [2.24, 2.45) is 0 Å². The molecule has 0 aliphatic carbocycles. The van der Waals surface area contributed by atoms with Gasteiger partial charge in [0.15, 0.2) is 0 Å². The lowest BCUT2D eigenvalue weighted by atomic mass is 9.97. The van der Waals surface area contributed by atoms with Gasteiger partial charge in [-0.05, 0) is 60.8 Å². The van der Waals surface area contributed by atoms with Gasteiger partial charge in [-0.15, -0.1) is 0 Å². The molecule has 1 unspecified atom stereocenters. The standard InChI is InChI=1S/C17H34N2O3/c1-13(12-17(5,6)21-7)18-14-8-10-19(11-9-14)15(20)22-16(2,3)4/h13-14,18H,8-12H2,1-7H3. The van der Waals surface area contributed by atoms with E-state index in [1.807, 2.05) is 25.7 Å². The molecule has 0 saturated carbocycles. The predicted molar refractivity (Wildman–Crippen MR) is 89.1 cm³/mol. The van der Waals surface area contributed by atoms with Crippen LogP contribution < -0.4 is 5.32 Å². The van der Waals surface area contributed by atoms with Crippen molar-refractivity contribution >= 4 is 6.09 Å². The number of nitrogens with one attached hydrogen (secondary N) is 1. The Balaban J connectivity index is 2.35. The van der Waals surface area contributed by atoms with Crippen LogP contribution in [0.15, 0.2) is 0 Å². The normalized spacial score (nSPS) is 19.1. The molecule has 1 N–H and O–H groups in total. The highest BCUT2D eigenvalue weighted by atomic mass is 16.6. The van der Waals surface area contributed by atoms with E-state index >= 15 is 0 Å². The predicted octanol–water partition coefficient (Wildman–Crippen LogP) is 3.18. The minimum Gasteiger partial charge on any atom is -0.444 e. The van der Waals surface area contributed by atoms with Gasteiger partial charge in [-0.25, -0.2) is 4.79 Å². The molecule has 0 spiro atoms. The first-order valence-corrected chi connectivity index (χ1v) is 8.31. The van der Waals surface area contributed by atoms with Crippen molar-refractivity contribution in [2.75, 3.05) is 20.2 Å². The summed E-state index contributed by atoms with van der Waals surface area (Å²) in [5, 5.41) is 3.66. The lowest BCUT2D eigenvalue weighted by Crippen LogP contribution is -2.49. The summed E-state index contributed by atoms with van der Waals surface area (Å²) in [7, 11) is 1.76. The number of methoxy groups -OCH3 is 1. The van der Waals surface area contributed by atoms with Crippen LogP contribution in [0.1, 0.15) is 60.8 Å². The first kappa shape index (κ1) is 19.2. The van der Waals surface area contributed by atoms with Crippen LogP contribution in [-0.2, 0) is 9.47 Å². The quantitative estimate of drug-likeness (QED) is 0.847. The van der Waals surface area contributed by atoms with Gasteiger partial charge in [0.05, 0.1) is 5.60 Å². The molecule has 5 nitrogen and oxygen atoms in total. The van der Waals surface area contributed by atoms with Gasteiger partial charge in [0, 0.05) is 32.3 Å². The van der Waals surface area contributed by atoms with Gasteiger partial charge in [-0.2, -0.15) is 0 Å². The largest absolute Gasteiger partial charge is 0.444 e. The number of likely N-dealkylation sites (tertiary alicyclic amines) is 1. The lowest BCUT2D eigenvalue weighted by Gasteiger charge is -2.36. The topological polar surface area (TPSA) is 50.8 Å². The average molecular weight is 314 g/mol. The highest BCUT2D eigenvalue weighted by Crippen LogP contribution is 2.19. The van der Waals surface area contributed by atoms with Crippen LogP contribution in [0, 0.1) is 0 Å². The number of amides is 1. The van der Waals surface area contributed by atoms with E-state index in [1.54, 1.807) is 7.11 Å². The van der Waals surface area contributed by atoms with Gasteiger partial charge in [0.1, 0.15) is 5.60 Å². The van der Waals surface area contributed by atoms with Crippen molar-refractivity contribution in [3.05, 3.63) is 0 Å². The molecular weight excluding hydrogens is 280 g/mol. The molecule has 0 aromatic rings. The third-order valence-corrected chi connectivity index (χ3v) is 4.02. The van der Waals surface area contributed by atoms with E-state index in [-0.39, 0.29) is 11.7 Å². The Morgan fingerprint density at radius 1 is 1.23 bits per heavy atom. The Labute approximate surface area is 135 Å². The second kappa shape index (κ2) is 7.64. The number of hydrogen-bond acceptors (Lipinski definition) is 4. The Morgan fingerprint density at radius 3 is 2.23 bits per heavy atom. The summed E-state index contributed by atoms with van der Waals surface area (Å²) in [5.41, 5.74) is -0.532. The van der Waals surface area contributed by atoms with Crippen molar-refractivity contribution < 1.29 is 14.3 Å². The van der Waals surface area contributed by atoms with Crippen LogP contribution in [-0.4, -0.2) is 54.5 Å². The molecule has 22 heavy (non-hydrogen) atoms. The van der Waals surface area contributed by atoms with E-state index < -0.39 is 5.60 Å². The summed E-state index contributed by atoms with van der Waals surface area (Å²) in [6.45, 7) is 13.6. The fourth-order valence-electron chi connectivity index (χ4n) is 2.84. The average Bonchev–Trinajstić information content (AvgIpc) is 2.36. The number of piperidine rings is 1. The minimum absolute atomic E-state index is 0.108. The molecule has 1 amide bonds. The van der Waals surface area contributed by atoms with Crippen molar-refractivity contribution in [2.45, 2.75) is 84.1 Å². The zero-order valence-electron chi connectivity index (χ0n) is 15.4. The number of ether oxygens (including phenoxy) is 2. The van der Waals surface area contributed by atoms with E-state index in [1.165, 1.54) is 0 Å². The summed E-state index contributed by atoms with van der Waals surface area (Å²) in [4.78, 5) is 13.8. The van der Waals surface area contributed by atoms with Crippen molar-refractivity contribution in [1.82, 2.24) is 10.2 Å². The molecular formula is C17H34N2O3. The van der Waals surface area contributed by atoms with Crippen LogP contribution in [0.2, 0.25) is 0 Å². The molecule has 1 aliphatic heterocycles. The maximum Gasteiger partial charge on any atom is 0.410 e. The van der Waals surface area contributed by atoms with E-state index in [0.29, 0.717) is 12.1 Å². The molecule has 0 radical (unpaired) electrons. The fraction of sp³-hybridized carbons (Fsp3) is 0.941. The molecule has 0 bridgehead atoms. The molecule has 130 valence electrons. The van der Waals surface area contributed by atoms with Crippen LogP contribution in [0.3, 0.4) is 0 Å². The Kier molecular flexibility index (Phi) is 6.68. The zero-order chi connectivity index (χ0) is 17.0. The van der Waals surface area contributed by atoms with Crippen LogP contribution >= 0.6 is 0 Å². The van der Waals surface area contributed by atoms with Crippen LogP contribution in [0.4, 0.5) is 4.79 Å². The summed E-state index contributed by atoms with van der Waals surface area (Å²) in [6, 6.07) is 0.856. The molecule has 1 heterocycles. The molecule has 1 aliphatic rings. The first-order valence-electron chi connectivity index (χ1n) is 8.31. The monoisotopic (exact) mass is 314 g/mol.